The monoisotopic (exact) mass is 194 g/mol. The molecule has 0 unspecified atom stereocenters. The lowest BCUT2D eigenvalue weighted by Gasteiger charge is -1.99. The summed E-state index contributed by atoms with van der Waals surface area (Å²) in [6.45, 7) is 3.63. The smallest absolute Gasteiger partial charge is 0.267 e. The molecule has 0 heterocycles. The number of carbonyl (C=O) groups is 1. The first kappa shape index (κ1) is 12.3. The Morgan fingerprint density at radius 2 is 1.92 bits per heavy atom. The lowest BCUT2D eigenvalue weighted by Crippen LogP contribution is -2.03. The molecule has 0 atom stereocenters. The summed E-state index contributed by atoms with van der Waals surface area (Å²) >= 11 is 0. The van der Waals surface area contributed by atoms with Crippen LogP contribution < -0.4 is 0 Å². The summed E-state index contributed by atoms with van der Waals surface area (Å²) < 4.78 is 0. The van der Waals surface area contributed by atoms with E-state index in [1.807, 2.05) is 0 Å². The molecule has 0 fully saturated rings. The molecule has 0 N–H and O–H groups in total. The molecule has 0 rings (SSSR count). The van der Waals surface area contributed by atoms with Crippen LogP contribution in [0, 0.1) is 0 Å². The van der Waals surface area contributed by atoms with Gasteiger partial charge < -0.3 is 0 Å². The van der Waals surface area contributed by atoms with Crippen LogP contribution in [0.4, 0.5) is 0 Å². The van der Waals surface area contributed by atoms with Crippen molar-refractivity contribution in [2.24, 2.45) is 0 Å². The molecule has 0 aliphatic carbocycles. The maximum absolute atomic E-state index is 10.1. The van der Waals surface area contributed by atoms with Crippen molar-refractivity contribution in [3.8, 4) is 0 Å². The number of carbonyl (C=O) groups excluding carboxylic acids is 1. The van der Waals surface area contributed by atoms with Gasteiger partial charge in [0.15, 0.2) is 0 Å². The van der Waals surface area contributed by atoms with Gasteiger partial charge in [0.05, 0.1) is 6.61 Å². The van der Waals surface area contributed by atoms with Gasteiger partial charge >= 0.3 is 5.97 Å². The fourth-order valence-corrected chi connectivity index (χ4v) is 0.538. The Labute approximate surface area is 76.4 Å². The molecule has 0 saturated carbocycles. The van der Waals surface area contributed by atoms with Crippen molar-refractivity contribution in [2.45, 2.75) is 33.1 Å². The number of hydrogen-bond acceptors (Lipinski definition) is 6. The highest BCUT2D eigenvalue weighted by Gasteiger charge is 1.95. The second-order valence-electron chi connectivity index (χ2n) is 2.31. The predicted octanol–water partition coefficient (Wildman–Crippen LogP) is 1.47. The van der Waals surface area contributed by atoms with E-state index in [9.17, 15) is 4.79 Å². The SMILES string of the molecule is CCCCCOOOOOC(C)=O. The van der Waals surface area contributed by atoms with Gasteiger partial charge in [-0.2, -0.15) is 0 Å². The van der Waals surface area contributed by atoms with Gasteiger partial charge in [-0.1, -0.05) is 19.8 Å². The van der Waals surface area contributed by atoms with Crippen LogP contribution in [0.2, 0.25) is 0 Å². The minimum Gasteiger partial charge on any atom is -0.267 e. The first-order chi connectivity index (χ1) is 6.27. The largest absolute Gasteiger partial charge is 0.342 e. The number of unbranched alkanes of at least 4 members (excludes halogenated alkanes) is 2. The van der Waals surface area contributed by atoms with Crippen molar-refractivity contribution >= 4 is 5.97 Å². The van der Waals surface area contributed by atoms with Gasteiger partial charge in [-0.3, -0.25) is 4.89 Å². The van der Waals surface area contributed by atoms with E-state index < -0.39 is 5.97 Å². The van der Waals surface area contributed by atoms with Gasteiger partial charge in [-0.25, -0.2) is 9.68 Å². The zero-order valence-corrected chi connectivity index (χ0v) is 7.78. The van der Waals surface area contributed by atoms with E-state index in [0.717, 1.165) is 26.2 Å². The summed E-state index contributed by atoms with van der Waals surface area (Å²) in [4.78, 5) is 18.5. The van der Waals surface area contributed by atoms with Gasteiger partial charge in [0.1, 0.15) is 0 Å². The molecular weight excluding hydrogens is 180 g/mol. The minimum atomic E-state index is -0.644. The molecule has 0 spiro atoms. The van der Waals surface area contributed by atoms with Gasteiger partial charge in [0, 0.05) is 17.0 Å². The Balaban J connectivity index is 2.87. The van der Waals surface area contributed by atoms with Crippen LogP contribution in [0.15, 0.2) is 0 Å². The molecule has 13 heavy (non-hydrogen) atoms. The van der Waals surface area contributed by atoms with E-state index in [4.69, 9.17) is 0 Å². The average molecular weight is 194 g/mol. The fraction of sp³-hybridized carbons (Fsp3) is 0.857. The van der Waals surface area contributed by atoms with Crippen molar-refractivity contribution in [1.82, 2.24) is 0 Å². The van der Waals surface area contributed by atoms with Crippen molar-refractivity contribution < 1.29 is 29.7 Å². The van der Waals surface area contributed by atoms with E-state index in [1.54, 1.807) is 0 Å². The van der Waals surface area contributed by atoms with Gasteiger partial charge in [-0.05, 0) is 11.5 Å². The van der Waals surface area contributed by atoms with Crippen LogP contribution in [0.5, 0.6) is 0 Å². The van der Waals surface area contributed by atoms with E-state index in [2.05, 4.69) is 31.8 Å². The van der Waals surface area contributed by atoms with Crippen LogP contribution >= 0.6 is 0 Å². The predicted molar refractivity (Wildman–Crippen MR) is 40.5 cm³/mol. The third-order valence-electron chi connectivity index (χ3n) is 1.09. The molecule has 0 bridgehead atoms. The summed E-state index contributed by atoms with van der Waals surface area (Å²) in [5.74, 6) is -0.644. The summed E-state index contributed by atoms with van der Waals surface area (Å²) in [7, 11) is 0. The van der Waals surface area contributed by atoms with E-state index in [0.29, 0.717) is 6.61 Å². The molecule has 0 saturated heterocycles. The van der Waals surface area contributed by atoms with Crippen LogP contribution in [0.1, 0.15) is 33.1 Å². The molecule has 0 amide bonds. The summed E-state index contributed by atoms with van der Waals surface area (Å²) in [6, 6.07) is 0. The first-order valence-electron chi connectivity index (χ1n) is 4.07. The lowest BCUT2D eigenvalue weighted by atomic mass is 10.3. The standard InChI is InChI=1S/C7H14O6/c1-3-4-5-6-9-11-13-12-10-7(2)8/h3-6H2,1-2H3. The van der Waals surface area contributed by atoms with Crippen molar-refractivity contribution in [2.75, 3.05) is 6.61 Å². The molecule has 78 valence electrons. The summed E-state index contributed by atoms with van der Waals surface area (Å²) in [6.07, 6.45) is 3.01. The molecule has 0 aromatic rings. The molecular formula is C7H14O6. The van der Waals surface area contributed by atoms with Gasteiger partial charge in [-0.15, -0.1) is 0 Å². The summed E-state index contributed by atoms with van der Waals surface area (Å²) in [5.41, 5.74) is 0. The lowest BCUT2D eigenvalue weighted by molar-refractivity contribution is -0.697. The summed E-state index contributed by atoms with van der Waals surface area (Å²) in [5, 5.41) is 11.7. The third kappa shape index (κ3) is 11.3. The van der Waals surface area contributed by atoms with Gasteiger partial charge in [0.25, 0.3) is 0 Å². The Hall–Kier alpha value is -0.690. The molecule has 0 aliphatic rings. The second kappa shape index (κ2) is 9.40. The Kier molecular flexibility index (Phi) is 8.90. The maximum Gasteiger partial charge on any atom is 0.342 e. The highest BCUT2D eigenvalue weighted by Crippen LogP contribution is 1.95. The molecule has 6 heteroatoms. The van der Waals surface area contributed by atoms with Crippen molar-refractivity contribution in [3.05, 3.63) is 0 Å². The van der Waals surface area contributed by atoms with Gasteiger partial charge in [0.2, 0.25) is 0 Å². The highest BCUT2D eigenvalue weighted by atomic mass is 17.8. The second-order valence-corrected chi connectivity index (χ2v) is 2.31. The number of rotatable bonds is 8. The third-order valence-corrected chi connectivity index (χ3v) is 1.09. The van der Waals surface area contributed by atoms with E-state index in [-0.39, 0.29) is 0 Å². The van der Waals surface area contributed by atoms with Crippen molar-refractivity contribution in [3.63, 3.8) is 0 Å². The highest BCUT2D eigenvalue weighted by molar-refractivity contribution is 5.65. The normalized spacial score (nSPS) is 10.0. The van der Waals surface area contributed by atoms with Crippen LogP contribution in [0.3, 0.4) is 0 Å². The quantitative estimate of drug-likeness (QED) is 0.331. The maximum atomic E-state index is 10.1. The van der Waals surface area contributed by atoms with Crippen molar-refractivity contribution in [1.29, 1.82) is 0 Å². The van der Waals surface area contributed by atoms with E-state index in [1.165, 1.54) is 0 Å². The molecule has 0 aromatic carbocycles. The number of hydrogen-bond donors (Lipinski definition) is 0. The Morgan fingerprint density at radius 1 is 1.15 bits per heavy atom. The Morgan fingerprint density at radius 3 is 2.54 bits per heavy atom. The van der Waals surface area contributed by atoms with Crippen LogP contribution in [0.25, 0.3) is 0 Å². The zero-order valence-electron chi connectivity index (χ0n) is 7.78. The molecule has 0 aliphatic heterocycles. The topological polar surface area (TPSA) is 63.2 Å². The average Bonchev–Trinajstić information content (AvgIpc) is 2.09. The minimum absolute atomic E-state index is 0.400. The fourth-order valence-electron chi connectivity index (χ4n) is 0.538. The van der Waals surface area contributed by atoms with E-state index >= 15 is 0 Å². The van der Waals surface area contributed by atoms with Crippen LogP contribution in [-0.4, -0.2) is 12.6 Å². The van der Waals surface area contributed by atoms with Crippen LogP contribution in [-0.2, 0) is 29.7 Å². The first-order valence-corrected chi connectivity index (χ1v) is 4.07. The molecule has 0 radical (unpaired) electrons. The molecule has 6 nitrogen and oxygen atoms in total. The zero-order chi connectivity index (χ0) is 9.94. The Bertz CT molecular complexity index is 126. The molecule has 0 aromatic heterocycles.